The van der Waals surface area contributed by atoms with Crippen LogP contribution in [-0.4, -0.2) is 47.5 Å². The lowest BCUT2D eigenvalue weighted by Crippen LogP contribution is -2.46. The van der Waals surface area contributed by atoms with Gasteiger partial charge in [0.15, 0.2) is 12.4 Å². The predicted octanol–water partition coefficient (Wildman–Crippen LogP) is 3.91. The minimum atomic E-state index is -3.74. The van der Waals surface area contributed by atoms with Crippen molar-refractivity contribution >= 4 is 21.6 Å². The van der Waals surface area contributed by atoms with Crippen LogP contribution in [0.5, 0.6) is 5.75 Å². The molecule has 0 spiro atoms. The van der Waals surface area contributed by atoms with Crippen LogP contribution in [0.15, 0.2) is 21.6 Å². The Balaban J connectivity index is 1.47. The topological polar surface area (TPSA) is 106 Å². The van der Waals surface area contributed by atoms with Gasteiger partial charge in [0.1, 0.15) is 5.75 Å². The number of carbonyl (C=O) groups excluding carboxylic acids is 1. The molecule has 9 nitrogen and oxygen atoms in total. The molecule has 10 heteroatoms. The second-order valence-corrected chi connectivity index (χ2v) is 11.7. The van der Waals surface area contributed by atoms with Crippen molar-refractivity contribution in [1.82, 2.24) is 14.4 Å². The van der Waals surface area contributed by atoms with E-state index in [0.717, 1.165) is 44.9 Å². The first kappa shape index (κ1) is 23.3. The molecule has 2 fully saturated rings. The minimum absolute atomic E-state index is 0.00656. The Morgan fingerprint density at radius 3 is 2.56 bits per heavy atom. The van der Waals surface area contributed by atoms with Gasteiger partial charge in [-0.15, -0.1) is 0 Å². The number of benzene rings is 1. The van der Waals surface area contributed by atoms with Gasteiger partial charge in [-0.3, -0.25) is 9.69 Å². The van der Waals surface area contributed by atoms with Gasteiger partial charge in [-0.2, -0.15) is 9.29 Å². The summed E-state index contributed by atoms with van der Waals surface area (Å²) in [5.41, 5.74) is 1.11. The Morgan fingerprint density at radius 2 is 1.88 bits per heavy atom. The molecular weight excluding hydrogens is 456 g/mol. The molecule has 0 saturated heterocycles. The number of fused-ring (bicyclic) bond motifs is 1. The van der Waals surface area contributed by atoms with Crippen molar-refractivity contribution in [2.24, 2.45) is 0 Å². The van der Waals surface area contributed by atoms with E-state index in [2.05, 4.69) is 10.1 Å². The third-order valence-electron chi connectivity index (χ3n) is 6.91. The Kier molecular flexibility index (Phi) is 6.14. The molecule has 1 aromatic carbocycles. The van der Waals surface area contributed by atoms with Gasteiger partial charge in [0.05, 0.1) is 17.1 Å². The number of sulfonamides is 1. The summed E-state index contributed by atoms with van der Waals surface area (Å²) in [6.45, 7) is 5.61. The second-order valence-electron chi connectivity index (χ2n) is 9.90. The molecule has 34 heavy (non-hydrogen) atoms. The number of rotatable bonds is 7. The summed E-state index contributed by atoms with van der Waals surface area (Å²) in [5, 5.41) is 4.03. The molecule has 3 aliphatic rings. The number of aromatic nitrogens is 2. The van der Waals surface area contributed by atoms with Gasteiger partial charge in [0, 0.05) is 24.1 Å². The molecule has 0 radical (unpaired) electrons. The number of carbonyl (C=O) groups is 1. The van der Waals surface area contributed by atoms with Crippen LogP contribution in [0.2, 0.25) is 0 Å². The van der Waals surface area contributed by atoms with Gasteiger partial charge in [-0.05, 0) is 58.1 Å². The zero-order chi connectivity index (χ0) is 24.0. The summed E-state index contributed by atoms with van der Waals surface area (Å²) >= 11 is 0. The highest BCUT2D eigenvalue weighted by Gasteiger charge is 2.37. The Labute approximate surface area is 200 Å². The van der Waals surface area contributed by atoms with Crippen LogP contribution in [0.4, 0.5) is 5.69 Å². The Morgan fingerprint density at radius 1 is 1.15 bits per heavy atom. The van der Waals surface area contributed by atoms with Crippen LogP contribution >= 0.6 is 0 Å². The number of ether oxygens (including phenoxy) is 1. The predicted molar refractivity (Wildman–Crippen MR) is 125 cm³/mol. The monoisotopic (exact) mass is 488 g/mol. The molecule has 2 aliphatic carbocycles. The van der Waals surface area contributed by atoms with Gasteiger partial charge in [0.2, 0.25) is 15.9 Å². The van der Waals surface area contributed by atoms with Crippen LogP contribution < -0.4 is 9.64 Å². The standard InChI is InChI=1S/C24H32N4O5S/c1-15(2)28(18-7-5-4-6-8-18)34(30,31)21-12-20-19(11-16(21)3)27(23(29)14-32-20)13-22-25-24(33-26-22)17-9-10-17/h11-12,15,17-18H,4-10,13-14H2,1-3H3. The molecule has 1 aliphatic heterocycles. The zero-order valence-corrected chi connectivity index (χ0v) is 20.8. The fourth-order valence-electron chi connectivity index (χ4n) is 5.10. The van der Waals surface area contributed by atoms with Crippen molar-refractivity contribution in [3.63, 3.8) is 0 Å². The first-order valence-corrected chi connectivity index (χ1v) is 13.6. The molecule has 0 bridgehead atoms. The fraction of sp³-hybridized carbons (Fsp3) is 0.625. The van der Waals surface area contributed by atoms with E-state index in [9.17, 15) is 13.2 Å². The quantitative estimate of drug-likeness (QED) is 0.582. The largest absolute Gasteiger partial charge is 0.482 e. The Hall–Kier alpha value is -2.46. The van der Waals surface area contributed by atoms with E-state index in [0.29, 0.717) is 34.6 Å². The van der Waals surface area contributed by atoms with E-state index < -0.39 is 10.0 Å². The molecule has 1 amide bonds. The third kappa shape index (κ3) is 4.33. The molecule has 184 valence electrons. The summed E-state index contributed by atoms with van der Waals surface area (Å²) in [6, 6.07) is 3.15. The lowest BCUT2D eigenvalue weighted by atomic mass is 9.95. The maximum Gasteiger partial charge on any atom is 0.265 e. The van der Waals surface area contributed by atoms with Crippen LogP contribution in [0.3, 0.4) is 0 Å². The molecule has 1 aromatic heterocycles. The maximum absolute atomic E-state index is 13.8. The summed E-state index contributed by atoms with van der Waals surface area (Å²) in [6.07, 6.45) is 7.11. The Bertz CT molecular complexity index is 1180. The van der Waals surface area contributed by atoms with Crippen molar-refractivity contribution < 1.29 is 22.5 Å². The second kappa shape index (κ2) is 8.96. The van der Waals surface area contributed by atoms with Crippen LogP contribution in [0, 0.1) is 6.92 Å². The number of hydrogen-bond donors (Lipinski definition) is 0. The highest BCUT2D eigenvalue weighted by atomic mass is 32.2. The molecule has 0 N–H and O–H groups in total. The SMILES string of the molecule is Cc1cc2c(cc1S(=O)(=O)N(C(C)C)C1CCCCC1)OCC(=O)N2Cc1noc(C2CC2)n1. The summed E-state index contributed by atoms with van der Waals surface area (Å²) < 4.78 is 40.4. The van der Waals surface area contributed by atoms with Gasteiger partial charge in [-0.25, -0.2) is 8.42 Å². The summed E-state index contributed by atoms with van der Waals surface area (Å²) in [7, 11) is -3.74. The van der Waals surface area contributed by atoms with E-state index in [4.69, 9.17) is 9.26 Å². The number of aryl methyl sites for hydroxylation is 1. The lowest BCUT2D eigenvalue weighted by Gasteiger charge is -2.37. The van der Waals surface area contributed by atoms with Crippen molar-refractivity contribution in [1.29, 1.82) is 0 Å². The average Bonchev–Trinajstić information content (AvgIpc) is 3.54. The smallest absolute Gasteiger partial charge is 0.265 e. The number of anilines is 1. The zero-order valence-electron chi connectivity index (χ0n) is 20.0. The first-order valence-electron chi connectivity index (χ1n) is 12.2. The van der Waals surface area contributed by atoms with Crippen LogP contribution in [0.25, 0.3) is 0 Å². The molecule has 0 atom stereocenters. The van der Waals surface area contributed by atoms with Crippen LogP contribution in [-0.2, 0) is 21.4 Å². The number of hydrogen-bond acceptors (Lipinski definition) is 7. The molecular formula is C24H32N4O5S. The average molecular weight is 489 g/mol. The van der Waals surface area contributed by atoms with Crippen molar-refractivity contribution in [2.45, 2.75) is 95.2 Å². The van der Waals surface area contributed by atoms with Gasteiger partial charge in [0.25, 0.3) is 5.91 Å². The van der Waals surface area contributed by atoms with E-state index in [1.54, 1.807) is 28.3 Å². The highest BCUT2D eigenvalue weighted by Crippen LogP contribution is 2.41. The highest BCUT2D eigenvalue weighted by molar-refractivity contribution is 7.89. The van der Waals surface area contributed by atoms with Gasteiger partial charge in [-0.1, -0.05) is 24.4 Å². The van der Waals surface area contributed by atoms with Gasteiger partial charge < -0.3 is 9.26 Å². The molecule has 0 unspecified atom stereocenters. The lowest BCUT2D eigenvalue weighted by molar-refractivity contribution is -0.121. The number of amides is 1. The minimum Gasteiger partial charge on any atom is -0.482 e. The molecule has 2 aromatic rings. The molecule has 2 heterocycles. The summed E-state index contributed by atoms with van der Waals surface area (Å²) in [5.74, 6) is 1.52. The fourth-order valence-corrected chi connectivity index (χ4v) is 7.20. The molecule has 5 rings (SSSR count). The first-order chi connectivity index (χ1) is 16.3. The van der Waals surface area contributed by atoms with Crippen molar-refractivity contribution in [3.05, 3.63) is 29.4 Å². The van der Waals surface area contributed by atoms with E-state index >= 15 is 0 Å². The van der Waals surface area contributed by atoms with Crippen LogP contribution in [0.1, 0.15) is 82.0 Å². The number of nitrogens with zero attached hydrogens (tertiary/aromatic N) is 4. The third-order valence-corrected chi connectivity index (χ3v) is 9.18. The summed E-state index contributed by atoms with van der Waals surface area (Å²) in [4.78, 5) is 18.9. The van der Waals surface area contributed by atoms with E-state index in [1.165, 1.54) is 0 Å². The maximum atomic E-state index is 13.8. The van der Waals surface area contributed by atoms with Crippen molar-refractivity contribution in [3.8, 4) is 5.75 Å². The normalized spacial score (nSPS) is 19.6. The van der Waals surface area contributed by atoms with E-state index in [1.807, 2.05) is 13.8 Å². The van der Waals surface area contributed by atoms with E-state index in [-0.39, 0.29) is 36.0 Å². The molecule has 2 saturated carbocycles. The van der Waals surface area contributed by atoms with Gasteiger partial charge >= 0.3 is 0 Å². The van der Waals surface area contributed by atoms with Crippen molar-refractivity contribution in [2.75, 3.05) is 11.5 Å².